The van der Waals surface area contributed by atoms with Crippen molar-refractivity contribution in [1.82, 2.24) is 29.3 Å². The number of rotatable bonds is 6. The summed E-state index contributed by atoms with van der Waals surface area (Å²) in [6, 6.07) is 6.87. The van der Waals surface area contributed by atoms with E-state index < -0.39 is 5.97 Å². The number of benzene rings is 1. The van der Waals surface area contributed by atoms with Crippen LogP contribution in [-0.2, 0) is 11.3 Å². The Morgan fingerprint density at radius 2 is 1.85 bits per heavy atom. The molecule has 0 saturated carbocycles. The van der Waals surface area contributed by atoms with E-state index in [1.54, 1.807) is 24.8 Å². The van der Waals surface area contributed by atoms with Crippen LogP contribution in [0.25, 0.3) is 11.2 Å². The molecule has 11 nitrogen and oxygen atoms in total. The summed E-state index contributed by atoms with van der Waals surface area (Å²) in [5.41, 5.74) is 2.71. The fourth-order valence-electron chi connectivity index (χ4n) is 4.59. The van der Waals surface area contributed by atoms with Crippen molar-refractivity contribution < 1.29 is 19.7 Å². The van der Waals surface area contributed by atoms with E-state index in [1.165, 1.54) is 0 Å². The summed E-state index contributed by atoms with van der Waals surface area (Å²) in [6.45, 7) is 5.38. The van der Waals surface area contributed by atoms with Crippen LogP contribution < -0.4 is 4.90 Å². The molecule has 2 N–H and O–H groups in total. The number of likely N-dealkylation sites (N-methyl/N-ethyl adjacent to an activating group) is 1. The van der Waals surface area contributed by atoms with E-state index in [9.17, 15) is 9.90 Å². The lowest BCUT2D eigenvalue weighted by molar-refractivity contribution is -0.135. The Balaban J connectivity index is 1.37. The molecule has 1 aromatic carbocycles. The number of nitrogens with zero attached hydrogens (tertiary/aromatic N) is 7. The van der Waals surface area contributed by atoms with Crippen molar-refractivity contribution in [2.75, 3.05) is 57.8 Å². The van der Waals surface area contributed by atoms with Gasteiger partial charge >= 0.3 is 5.97 Å². The van der Waals surface area contributed by atoms with Gasteiger partial charge in [0.25, 0.3) is 0 Å². The van der Waals surface area contributed by atoms with Crippen LogP contribution in [0.15, 0.2) is 36.9 Å². The third kappa shape index (κ3) is 4.60. The SMILES string of the molecule is CN1CCN(c2ncnc3c2ncn3[C@H]2CN(Cc3ccc(C(=O)O)cc3)C[C@@H](CO)O2)CC1. The van der Waals surface area contributed by atoms with Gasteiger partial charge in [0.15, 0.2) is 17.0 Å². The summed E-state index contributed by atoms with van der Waals surface area (Å²) in [6.07, 6.45) is 2.59. The van der Waals surface area contributed by atoms with Crippen molar-refractivity contribution in [3.05, 3.63) is 48.0 Å². The highest BCUT2D eigenvalue weighted by atomic mass is 16.5. The number of morpholine rings is 1. The number of carboxylic acid groups (broad SMARTS) is 1. The van der Waals surface area contributed by atoms with E-state index in [4.69, 9.17) is 9.84 Å². The summed E-state index contributed by atoms with van der Waals surface area (Å²) < 4.78 is 8.09. The minimum absolute atomic E-state index is 0.0981. The molecule has 2 atom stereocenters. The highest BCUT2D eigenvalue weighted by Crippen LogP contribution is 2.28. The van der Waals surface area contributed by atoms with Crippen molar-refractivity contribution >= 4 is 23.0 Å². The number of carboxylic acids is 1. The Morgan fingerprint density at radius 3 is 2.56 bits per heavy atom. The third-order valence-corrected chi connectivity index (χ3v) is 6.49. The van der Waals surface area contributed by atoms with E-state index >= 15 is 0 Å². The third-order valence-electron chi connectivity index (χ3n) is 6.49. The molecule has 4 heterocycles. The topological polar surface area (TPSA) is 120 Å². The second-order valence-electron chi connectivity index (χ2n) is 8.90. The maximum atomic E-state index is 11.1. The molecule has 2 saturated heterocycles. The van der Waals surface area contributed by atoms with Gasteiger partial charge in [-0.1, -0.05) is 12.1 Å². The van der Waals surface area contributed by atoms with Crippen molar-refractivity contribution in [3.63, 3.8) is 0 Å². The Morgan fingerprint density at radius 1 is 1.09 bits per heavy atom. The fourth-order valence-corrected chi connectivity index (χ4v) is 4.59. The predicted octanol–water partition coefficient (Wildman–Crippen LogP) is 0.668. The van der Waals surface area contributed by atoms with Crippen LogP contribution in [0.5, 0.6) is 0 Å². The Labute approximate surface area is 197 Å². The average Bonchev–Trinajstić information content (AvgIpc) is 3.29. The molecule has 2 fully saturated rings. The molecule has 2 aromatic heterocycles. The molecule has 3 aromatic rings. The lowest BCUT2D eigenvalue weighted by Gasteiger charge is -2.38. The Hall–Kier alpha value is -3.12. The average molecular weight is 468 g/mol. The zero-order valence-corrected chi connectivity index (χ0v) is 19.1. The van der Waals surface area contributed by atoms with Gasteiger partial charge in [0.2, 0.25) is 0 Å². The van der Waals surface area contributed by atoms with Crippen LogP contribution in [0.3, 0.4) is 0 Å². The van der Waals surface area contributed by atoms with Crippen LogP contribution >= 0.6 is 0 Å². The van der Waals surface area contributed by atoms with Crippen LogP contribution in [0.4, 0.5) is 5.82 Å². The minimum atomic E-state index is -0.941. The minimum Gasteiger partial charge on any atom is -0.478 e. The second-order valence-corrected chi connectivity index (χ2v) is 8.90. The van der Waals surface area contributed by atoms with E-state index in [1.807, 2.05) is 16.7 Å². The smallest absolute Gasteiger partial charge is 0.335 e. The van der Waals surface area contributed by atoms with Crippen LogP contribution in [0.1, 0.15) is 22.1 Å². The zero-order valence-electron chi connectivity index (χ0n) is 19.1. The molecule has 34 heavy (non-hydrogen) atoms. The predicted molar refractivity (Wildman–Crippen MR) is 125 cm³/mol. The molecule has 0 aliphatic carbocycles. The second kappa shape index (κ2) is 9.63. The van der Waals surface area contributed by atoms with Gasteiger partial charge in [0, 0.05) is 45.8 Å². The Kier molecular flexibility index (Phi) is 6.42. The molecule has 0 spiro atoms. The number of piperazine rings is 1. The van der Waals surface area contributed by atoms with Crippen molar-refractivity contribution in [3.8, 4) is 0 Å². The number of aliphatic hydroxyl groups excluding tert-OH is 1. The zero-order chi connectivity index (χ0) is 23.7. The van der Waals surface area contributed by atoms with Gasteiger partial charge in [-0.15, -0.1) is 0 Å². The monoisotopic (exact) mass is 467 g/mol. The summed E-state index contributed by atoms with van der Waals surface area (Å²) >= 11 is 0. The number of imidazole rings is 1. The van der Waals surface area contributed by atoms with Crippen molar-refractivity contribution in [1.29, 1.82) is 0 Å². The maximum absolute atomic E-state index is 11.1. The lowest BCUT2D eigenvalue weighted by Crippen LogP contribution is -2.46. The molecule has 0 unspecified atom stereocenters. The number of hydrogen-bond donors (Lipinski definition) is 2. The van der Waals surface area contributed by atoms with Gasteiger partial charge in [0.1, 0.15) is 12.6 Å². The quantitative estimate of drug-likeness (QED) is 0.535. The molecule has 2 aliphatic heterocycles. The first-order valence-electron chi connectivity index (χ1n) is 11.4. The van der Waals surface area contributed by atoms with E-state index in [2.05, 4.69) is 36.7 Å². The summed E-state index contributed by atoms with van der Waals surface area (Å²) in [7, 11) is 2.12. The van der Waals surface area contributed by atoms with Crippen LogP contribution in [0, 0.1) is 0 Å². The number of hydrogen-bond acceptors (Lipinski definition) is 9. The van der Waals surface area contributed by atoms with Gasteiger partial charge in [0.05, 0.1) is 24.6 Å². The summed E-state index contributed by atoms with van der Waals surface area (Å²) in [5, 5.41) is 19.0. The number of fused-ring (bicyclic) bond motifs is 1. The molecule has 5 rings (SSSR count). The van der Waals surface area contributed by atoms with E-state index in [0.717, 1.165) is 43.1 Å². The number of aromatic nitrogens is 4. The first kappa shape index (κ1) is 22.7. The molecular weight excluding hydrogens is 438 g/mol. The molecule has 0 radical (unpaired) electrons. The van der Waals surface area contributed by atoms with Gasteiger partial charge in [-0.05, 0) is 24.7 Å². The largest absolute Gasteiger partial charge is 0.478 e. The first-order chi connectivity index (χ1) is 16.5. The molecule has 11 heteroatoms. The van der Waals surface area contributed by atoms with E-state index in [-0.39, 0.29) is 24.5 Å². The highest BCUT2D eigenvalue weighted by Gasteiger charge is 2.30. The van der Waals surface area contributed by atoms with E-state index in [0.29, 0.717) is 25.3 Å². The molecule has 180 valence electrons. The van der Waals surface area contributed by atoms with Gasteiger partial charge in [-0.2, -0.15) is 0 Å². The van der Waals surface area contributed by atoms with Crippen LogP contribution in [-0.4, -0.2) is 105 Å². The summed E-state index contributed by atoms with van der Waals surface area (Å²) in [4.78, 5) is 31.5. The summed E-state index contributed by atoms with van der Waals surface area (Å²) in [5.74, 6) is -0.106. The lowest BCUT2D eigenvalue weighted by atomic mass is 10.1. The number of anilines is 1. The maximum Gasteiger partial charge on any atom is 0.335 e. The standard InChI is InChI=1S/C23H29N7O4/c1-27-6-8-29(9-7-27)21-20-22(25-14-24-21)30(15-26-20)19-12-28(11-18(13-31)34-19)10-16-2-4-17(5-3-16)23(32)33/h2-5,14-15,18-19,31H,6-13H2,1H3,(H,32,33)/t18-,19+/m0/s1. The fraction of sp³-hybridized carbons (Fsp3) is 0.478. The van der Waals surface area contributed by atoms with Gasteiger partial charge in [-0.3, -0.25) is 9.47 Å². The van der Waals surface area contributed by atoms with Crippen molar-refractivity contribution in [2.45, 2.75) is 18.9 Å². The van der Waals surface area contributed by atoms with Crippen molar-refractivity contribution in [2.24, 2.45) is 0 Å². The van der Waals surface area contributed by atoms with Gasteiger partial charge in [-0.25, -0.2) is 19.7 Å². The number of aliphatic hydroxyl groups is 1. The number of aromatic carboxylic acids is 1. The Bertz CT molecular complexity index is 1140. The highest BCUT2D eigenvalue weighted by molar-refractivity contribution is 5.87. The molecular formula is C23H29N7O4. The normalized spacial score (nSPS) is 22.4. The van der Waals surface area contributed by atoms with Gasteiger partial charge < -0.3 is 24.7 Å². The molecule has 2 aliphatic rings. The molecule has 0 amide bonds. The molecule has 0 bridgehead atoms. The number of carbonyl (C=O) groups is 1. The first-order valence-corrected chi connectivity index (χ1v) is 11.4. The number of ether oxygens (including phenoxy) is 1. The van der Waals surface area contributed by atoms with Crippen LogP contribution in [0.2, 0.25) is 0 Å².